The quantitative estimate of drug-likeness (QED) is 0.694. The van der Waals surface area contributed by atoms with Crippen molar-refractivity contribution in [2.24, 2.45) is 0 Å². The molecule has 1 heterocycles. The minimum Gasteiger partial charge on any atom is -0.313 e. The van der Waals surface area contributed by atoms with Gasteiger partial charge in [-0.3, -0.25) is 9.80 Å². The third-order valence-corrected chi connectivity index (χ3v) is 4.42. The van der Waals surface area contributed by atoms with Gasteiger partial charge in [0.15, 0.2) is 0 Å². The fourth-order valence-corrected chi connectivity index (χ4v) is 3.26. The van der Waals surface area contributed by atoms with Gasteiger partial charge >= 0.3 is 0 Å². The van der Waals surface area contributed by atoms with Gasteiger partial charge in [0, 0.05) is 37.8 Å². The van der Waals surface area contributed by atoms with Crippen LogP contribution in [0.4, 0.5) is 0 Å². The van der Waals surface area contributed by atoms with E-state index in [0.29, 0.717) is 6.04 Å². The van der Waals surface area contributed by atoms with Crippen molar-refractivity contribution in [1.82, 2.24) is 15.1 Å². The maximum Gasteiger partial charge on any atom is 0.0235 e. The van der Waals surface area contributed by atoms with E-state index in [1.165, 1.54) is 45.4 Å². The summed E-state index contributed by atoms with van der Waals surface area (Å²) in [4.78, 5) is 5.35. The summed E-state index contributed by atoms with van der Waals surface area (Å²) in [5.41, 5.74) is 0. The summed E-state index contributed by atoms with van der Waals surface area (Å²) in [5, 5.41) is 3.62. The molecule has 1 aliphatic heterocycles. The molecule has 0 spiro atoms. The van der Waals surface area contributed by atoms with Crippen molar-refractivity contribution in [3.8, 4) is 0 Å². The molecule has 0 aromatic heterocycles. The molecule has 1 saturated heterocycles. The van der Waals surface area contributed by atoms with Crippen LogP contribution < -0.4 is 5.32 Å². The van der Waals surface area contributed by atoms with Crippen LogP contribution in [0.2, 0.25) is 0 Å². The van der Waals surface area contributed by atoms with E-state index in [0.717, 1.165) is 18.6 Å². The number of nitrogens with one attached hydrogen (secondary N) is 1. The average molecular weight is 269 g/mol. The van der Waals surface area contributed by atoms with E-state index in [9.17, 15) is 0 Å². The van der Waals surface area contributed by atoms with Crippen LogP contribution in [-0.2, 0) is 0 Å². The van der Waals surface area contributed by atoms with Crippen molar-refractivity contribution < 1.29 is 0 Å². The van der Waals surface area contributed by atoms with Gasteiger partial charge in [0.05, 0.1) is 0 Å². The maximum absolute atomic E-state index is 3.62. The molecular formula is C16H35N3. The van der Waals surface area contributed by atoms with Crippen LogP contribution in [0.1, 0.15) is 53.9 Å². The lowest BCUT2D eigenvalue weighted by Gasteiger charge is -2.31. The third-order valence-electron chi connectivity index (χ3n) is 4.42. The summed E-state index contributed by atoms with van der Waals surface area (Å²) in [5.74, 6) is 0. The molecule has 0 aliphatic carbocycles. The van der Waals surface area contributed by atoms with Gasteiger partial charge in [-0.25, -0.2) is 0 Å². The summed E-state index contributed by atoms with van der Waals surface area (Å²) < 4.78 is 0. The predicted molar refractivity (Wildman–Crippen MR) is 84.7 cm³/mol. The first-order chi connectivity index (χ1) is 9.12. The Morgan fingerprint density at radius 3 is 2.42 bits per heavy atom. The van der Waals surface area contributed by atoms with Crippen LogP contribution in [0.25, 0.3) is 0 Å². The van der Waals surface area contributed by atoms with E-state index in [4.69, 9.17) is 0 Å². The van der Waals surface area contributed by atoms with Crippen LogP contribution in [0.3, 0.4) is 0 Å². The summed E-state index contributed by atoms with van der Waals surface area (Å²) in [6.07, 6.45) is 3.96. The van der Waals surface area contributed by atoms with E-state index >= 15 is 0 Å². The van der Waals surface area contributed by atoms with Gasteiger partial charge < -0.3 is 5.32 Å². The Balaban J connectivity index is 2.47. The fraction of sp³-hybridized carbons (Fsp3) is 1.00. The molecule has 3 heteroatoms. The second-order valence-electron chi connectivity index (χ2n) is 6.16. The van der Waals surface area contributed by atoms with Gasteiger partial charge in [-0.1, -0.05) is 41.0 Å². The van der Waals surface area contributed by atoms with Gasteiger partial charge in [-0.2, -0.15) is 0 Å². The number of nitrogens with zero attached hydrogens (tertiary/aromatic N) is 2. The summed E-state index contributed by atoms with van der Waals surface area (Å²) in [6, 6.07) is 2.11. The smallest absolute Gasteiger partial charge is 0.0235 e. The first-order valence-corrected chi connectivity index (χ1v) is 8.33. The largest absolute Gasteiger partial charge is 0.313 e. The Kier molecular flexibility index (Phi) is 7.96. The van der Waals surface area contributed by atoms with Crippen molar-refractivity contribution in [2.45, 2.75) is 72.0 Å². The molecule has 114 valence electrons. The molecule has 1 aliphatic rings. The molecule has 1 rings (SSSR count). The number of hydrogen-bond donors (Lipinski definition) is 1. The van der Waals surface area contributed by atoms with E-state index in [1.54, 1.807) is 0 Å². The van der Waals surface area contributed by atoms with Crippen molar-refractivity contribution >= 4 is 0 Å². The number of likely N-dealkylation sites (tertiary alicyclic amines) is 1. The van der Waals surface area contributed by atoms with Gasteiger partial charge in [0.25, 0.3) is 0 Å². The van der Waals surface area contributed by atoms with Gasteiger partial charge in [-0.05, 0) is 25.9 Å². The highest BCUT2D eigenvalue weighted by Crippen LogP contribution is 2.19. The zero-order chi connectivity index (χ0) is 14.3. The molecule has 2 atom stereocenters. The topological polar surface area (TPSA) is 18.5 Å². The molecule has 0 bridgehead atoms. The summed E-state index contributed by atoms with van der Waals surface area (Å²) in [6.45, 7) is 17.5. The molecule has 1 fully saturated rings. The number of hydrogen-bond acceptors (Lipinski definition) is 3. The van der Waals surface area contributed by atoms with E-state index < -0.39 is 0 Å². The van der Waals surface area contributed by atoms with Gasteiger partial charge in [0.1, 0.15) is 0 Å². The zero-order valence-electron chi connectivity index (χ0n) is 13.8. The second-order valence-corrected chi connectivity index (χ2v) is 6.16. The molecule has 0 amide bonds. The lowest BCUT2D eigenvalue weighted by molar-refractivity contribution is 0.178. The first kappa shape index (κ1) is 16.9. The SMILES string of the molecule is CCCC(CNC(C)C)N1CCC(N(CC)CC)C1. The lowest BCUT2D eigenvalue weighted by atomic mass is 10.1. The van der Waals surface area contributed by atoms with Crippen LogP contribution in [0.15, 0.2) is 0 Å². The number of rotatable bonds is 9. The molecule has 0 aromatic carbocycles. The van der Waals surface area contributed by atoms with E-state index in [2.05, 4.69) is 49.7 Å². The molecule has 3 nitrogen and oxygen atoms in total. The molecule has 0 aromatic rings. The predicted octanol–water partition coefficient (Wildman–Crippen LogP) is 2.57. The summed E-state index contributed by atoms with van der Waals surface area (Å²) >= 11 is 0. The number of likely N-dealkylation sites (N-methyl/N-ethyl adjacent to an activating group) is 1. The van der Waals surface area contributed by atoms with Crippen LogP contribution >= 0.6 is 0 Å². The Morgan fingerprint density at radius 1 is 1.21 bits per heavy atom. The van der Waals surface area contributed by atoms with Gasteiger partial charge in [-0.15, -0.1) is 0 Å². The fourth-order valence-electron chi connectivity index (χ4n) is 3.26. The zero-order valence-corrected chi connectivity index (χ0v) is 13.8. The van der Waals surface area contributed by atoms with E-state index in [1.807, 2.05) is 0 Å². The molecule has 0 radical (unpaired) electrons. The molecule has 2 unspecified atom stereocenters. The monoisotopic (exact) mass is 269 g/mol. The van der Waals surface area contributed by atoms with Crippen molar-refractivity contribution in [2.75, 3.05) is 32.7 Å². The average Bonchev–Trinajstić information content (AvgIpc) is 2.85. The molecule has 19 heavy (non-hydrogen) atoms. The van der Waals surface area contributed by atoms with Crippen molar-refractivity contribution in [1.29, 1.82) is 0 Å². The Bertz CT molecular complexity index is 226. The minimum atomic E-state index is 0.598. The van der Waals surface area contributed by atoms with Crippen LogP contribution in [0, 0.1) is 0 Å². The minimum absolute atomic E-state index is 0.598. The van der Waals surface area contributed by atoms with Crippen molar-refractivity contribution in [3.05, 3.63) is 0 Å². The Labute approximate surface area is 120 Å². The molecule has 1 N–H and O–H groups in total. The highest BCUT2D eigenvalue weighted by atomic mass is 15.3. The van der Waals surface area contributed by atoms with E-state index in [-0.39, 0.29) is 0 Å². The normalized spacial score (nSPS) is 22.6. The maximum atomic E-state index is 3.62. The Hall–Kier alpha value is -0.120. The highest BCUT2D eigenvalue weighted by molar-refractivity contribution is 4.87. The lowest BCUT2D eigenvalue weighted by Crippen LogP contribution is -2.45. The standard InChI is InChI=1S/C16H35N3/c1-6-9-15(12-17-14(4)5)19-11-10-16(13-19)18(7-2)8-3/h14-17H,6-13H2,1-5H3. The molecule has 0 saturated carbocycles. The van der Waals surface area contributed by atoms with Gasteiger partial charge in [0.2, 0.25) is 0 Å². The van der Waals surface area contributed by atoms with Crippen LogP contribution in [-0.4, -0.2) is 60.6 Å². The highest BCUT2D eigenvalue weighted by Gasteiger charge is 2.30. The Morgan fingerprint density at radius 2 is 1.89 bits per heavy atom. The first-order valence-electron chi connectivity index (χ1n) is 8.33. The second kappa shape index (κ2) is 8.93. The molecular weight excluding hydrogens is 234 g/mol. The van der Waals surface area contributed by atoms with Crippen molar-refractivity contribution in [3.63, 3.8) is 0 Å². The van der Waals surface area contributed by atoms with Crippen LogP contribution in [0.5, 0.6) is 0 Å². The third kappa shape index (κ3) is 5.41. The summed E-state index contributed by atoms with van der Waals surface area (Å²) in [7, 11) is 0.